The Hall–Kier alpha value is -2.70. The molecule has 4 rings (SSSR count). The Balaban J connectivity index is 1.68. The zero-order chi connectivity index (χ0) is 21.1. The lowest BCUT2D eigenvalue weighted by molar-refractivity contribution is -0.255. The van der Waals surface area contributed by atoms with Gasteiger partial charge in [-0.05, 0) is 31.7 Å². The number of carbonyl (C=O) groups excluding carboxylic acids is 2. The SMILES string of the molecule is O=C([O-])c1nn(CC(=O)N(C2CCCCC2)C2CCCCC2)c(=O)c2ccccc12. The average molecular weight is 410 g/mol. The van der Waals surface area contributed by atoms with Gasteiger partial charge in [0.25, 0.3) is 5.56 Å². The predicted octanol–water partition coefficient (Wildman–Crippen LogP) is 2.25. The van der Waals surface area contributed by atoms with E-state index in [0.29, 0.717) is 0 Å². The van der Waals surface area contributed by atoms with Crippen molar-refractivity contribution in [2.75, 3.05) is 0 Å². The molecule has 1 aromatic carbocycles. The molecule has 1 aromatic heterocycles. The molecule has 0 saturated heterocycles. The number of benzene rings is 1. The summed E-state index contributed by atoms with van der Waals surface area (Å²) in [6.45, 7) is -0.239. The van der Waals surface area contributed by atoms with Gasteiger partial charge in [-0.15, -0.1) is 0 Å². The Morgan fingerprint density at radius 2 is 1.47 bits per heavy atom. The van der Waals surface area contributed by atoms with E-state index in [-0.39, 0.29) is 41.0 Å². The van der Waals surface area contributed by atoms with Crippen molar-refractivity contribution in [2.24, 2.45) is 0 Å². The normalized spacial score (nSPS) is 18.4. The number of rotatable bonds is 5. The van der Waals surface area contributed by atoms with Crippen molar-refractivity contribution in [3.8, 4) is 0 Å². The van der Waals surface area contributed by atoms with Crippen LogP contribution >= 0.6 is 0 Å². The van der Waals surface area contributed by atoms with Crippen LogP contribution in [0.2, 0.25) is 0 Å². The van der Waals surface area contributed by atoms with Crippen LogP contribution < -0.4 is 10.7 Å². The van der Waals surface area contributed by atoms with Crippen LogP contribution in [-0.2, 0) is 11.3 Å². The number of fused-ring (bicyclic) bond motifs is 1. The van der Waals surface area contributed by atoms with E-state index in [0.717, 1.165) is 56.0 Å². The highest BCUT2D eigenvalue weighted by molar-refractivity contribution is 6.00. The monoisotopic (exact) mass is 410 g/mol. The molecule has 160 valence electrons. The second-order valence-electron chi connectivity index (χ2n) is 8.53. The third kappa shape index (κ3) is 4.11. The molecular weight excluding hydrogens is 382 g/mol. The highest BCUT2D eigenvalue weighted by Crippen LogP contribution is 2.30. The summed E-state index contributed by atoms with van der Waals surface area (Å²) in [7, 11) is 0. The first kappa shape index (κ1) is 20.6. The second-order valence-corrected chi connectivity index (χ2v) is 8.53. The highest BCUT2D eigenvalue weighted by Gasteiger charge is 2.32. The van der Waals surface area contributed by atoms with E-state index in [1.807, 2.05) is 4.90 Å². The predicted molar refractivity (Wildman–Crippen MR) is 111 cm³/mol. The van der Waals surface area contributed by atoms with E-state index in [2.05, 4.69) is 5.10 Å². The van der Waals surface area contributed by atoms with Gasteiger partial charge in [-0.25, -0.2) is 4.68 Å². The minimum atomic E-state index is -1.45. The summed E-state index contributed by atoms with van der Waals surface area (Å²) in [4.78, 5) is 40.0. The summed E-state index contributed by atoms with van der Waals surface area (Å²) < 4.78 is 1.01. The van der Waals surface area contributed by atoms with Gasteiger partial charge in [-0.1, -0.05) is 56.7 Å². The van der Waals surface area contributed by atoms with E-state index in [1.165, 1.54) is 18.9 Å². The lowest BCUT2D eigenvalue weighted by atomic mass is 9.88. The molecule has 30 heavy (non-hydrogen) atoms. The van der Waals surface area contributed by atoms with E-state index < -0.39 is 11.5 Å². The Bertz CT molecular complexity index is 970. The molecule has 7 heteroatoms. The van der Waals surface area contributed by atoms with Gasteiger partial charge in [-0.3, -0.25) is 9.59 Å². The first-order valence-corrected chi connectivity index (χ1v) is 11.1. The van der Waals surface area contributed by atoms with Crippen LogP contribution in [0.1, 0.15) is 74.7 Å². The summed E-state index contributed by atoms with van der Waals surface area (Å²) in [5.41, 5.74) is -0.754. The Morgan fingerprint density at radius 1 is 0.933 bits per heavy atom. The summed E-state index contributed by atoms with van der Waals surface area (Å²) in [5, 5.41) is 16.1. The van der Waals surface area contributed by atoms with E-state index in [4.69, 9.17) is 0 Å². The molecule has 2 saturated carbocycles. The topological polar surface area (TPSA) is 95.3 Å². The van der Waals surface area contributed by atoms with Crippen molar-refractivity contribution in [3.63, 3.8) is 0 Å². The number of carboxylic acids is 1. The van der Waals surface area contributed by atoms with Gasteiger partial charge in [0.15, 0.2) is 0 Å². The fourth-order valence-corrected chi connectivity index (χ4v) is 5.13. The summed E-state index contributed by atoms with van der Waals surface area (Å²) in [5.74, 6) is -1.59. The molecule has 0 unspecified atom stereocenters. The van der Waals surface area contributed by atoms with Crippen LogP contribution in [0.15, 0.2) is 29.1 Å². The fraction of sp³-hybridized carbons (Fsp3) is 0.565. The molecule has 0 bridgehead atoms. The van der Waals surface area contributed by atoms with Crippen LogP contribution in [0, 0.1) is 0 Å². The Morgan fingerprint density at radius 3 is 2.00 bits per heavy atom. The number of carbonyl (C=O) groups is 2. The van der Waals surface area contributed by atoms with E-state index in [9.17, 15) is 19.5 Å². The molecule has 2 aromatic rings. The van der Waals surface area contributed by atoms with Crippen LogP contribution in [0.4, 0.5) is 0 Å². The fourth-order valence-electron chi connectivity index (χ4n) is 5.13. The van der Waals surface area contributed by atoms with Crippen molar-refractivity contribution in [1.82, 2.24) is 14.7 Å². The average Bonchev–Trinajstić information content (AvgIpc) is 2.77. The smallest absolute Gasteiger partial charge is 0.275 e. The van der Waals surface area contributed by atoms with Gasteiger partial charge in [0, 0.05) is 17.5 Å². The van der Waals surface area contributed by atoms with Crippen molar-refractivity contribution in [3.05, 3.63) is 40.3 Å². The molecule has 2 aliphatic rings. The van der Waals surface area contributed by atoms with Crippen LogP contribution in [0.3, 0.4) is 0 Å². The number of aromatic nitrogens is 2. The molecule has 0 N–H and O–H groups in total. The molecule has 0 spiro atoms. The van der Waals surface area contributed by atoms with Crippen molar-refractivity contribution in [1.29, 1.82) is 0 Å². The number of carboxylic acid groups (broad SMARTS) is 1. The van der Waals surface area contributed by atoms with Gasteiger partial charge >= 0.3 is 0 Å². The molecule has 1 heterocycles. The molecule has 0 aliphatic heterocycles. The van der Waals surface area contributed by atoms with Crippen LogP contribution in [0.5, 0.6) is 0 Å². The summed E-state index contributed by atoms with van der Waals surface area (Å²) >= 11 is 0. The maximum absolute atomic E-state index is 13.4. The van der Waals surface area contributed by atoms with Crippen LogP contribution in [0.25, 0.3) is 10.8 Å². The van der Waals surface area contributed by atoms with Crippen molar-refractivity contribution < 1.29 is 14.7 Å². The number of hydrogen-bond acceptors (Lipinski definition) is 5. The molecule has 7 nitrogen and oxygen atoms in total. The minimum absolute atomic E-state index is 0.136. The first-order chi connectivity index (χ1) is 14.6. The van der Waals surface area contributed by atoms with Gasteiger partial charge in [0.1, 0.15) is 12.2 Å². The van der Waals surface area contributed by atoms with Crippen molar-refractivity contribution in [2.45, 2.75) is 82.8 Å². The Labute approximate surface area is 175 Å². The summed E-state index contributed by atoms with van der Waals surface area (Å²) in [6, 6.07) is 6.83. The maximum atomic E-state index is 13.4. The number of nitrogens with zero attached hydrogens (tertiary/aromatic N) is 3. The summed E-state index contributed by atoms with van der Waals surface area (Å²) in [6.07, 6.45) is 10.8. The van der Waals surface area contributed by atoms with Gasteiger partial charge in [0.2, 0.25) is 5.91 Å². The van der Waals surface area contributed by atoms with Crippen molar-refractivity contribution >= 4 is 22.6 Å². The number of amides is 1. The number of hydrogen-bond donors (Lipinski definition) is 0. The molecule has 0 radical (unpaired) electrons. The standard InChI is InChI=1S/C23H29N3O4/c27-20(26(16-9-3-1-4-10-16)17-11-5-2-6-12-17)15-25-22(28)19-14-8-7-13-18(19)21(24-25)23(29)30/h7-8,13-14,16-17H,1-6,9-12,15H2,(H,29,30)/p-1. The first-order valence-electron chi connectivity index (χ1n) is 11.1. The lowest BCUT2D eigenvalue weighted by Crippen LogP contribution is -2.50. The zero-order valence-electron chi connectivity index (χ0n) is 17.2. The maximum Gasteiger partial charge on any atom is 0.275 e. The number of aromatic carboxylic acids is 1. The molecule has 2 fully saturated rings. The van der Waals surface area contributed by atoms with Crippen LogP contribution in [-0.4, -0.2) is 38.6 Å². The Kier molecular flexibility index (Phi) is 6.16. The third-order valence-corrected chi connectivity index (χ3v) is 6.57. The van der Waals surface area contributed by atoms with Gasteiger partial charge < -0.3 is 14.8 Å². The third-order valence-electron chi connectivity index (χ3n) is 6.57. The van der Waals surface area contributed by atoms with Gasteiger partial charge in [0.05, 0.1) is 11.4 Å². The van der Waals surface area contributed by atoms with E-state index in [1.54, 1.807) is 18.2 Å². The molecule has 0 atom stereocenters. The molecule has 1 amide bonds. The second kappa shape index (κ2) is 8.98. The highest BCUT2D eigenvalue weighted by atomic mass is 16.4. The van der Waals surface area contributed by atoms with Gasteiger partial charge in [-0.2, -0.15) is 5.10 Å². The molecule has 2 aliphatic carbocycles. The van der Waals surface area contributed by atoms with E-state index >= 15 is 0 Å². The minimum Gasteiger partial charge on any atom is -0.543 e. The molecular formula is C23H28N3O4-. The quantitative estimate of drug-likeness (QED) is 0.753. The lowest BCUT2D eigenvalue weighted by Gasteiger charge is -2.41. The largest absolute Gasteiger partial charge is 0.543 e. The zero-order valence-corrected chi connectivity index (χ0v) is 17.2.